The van der Waals surface area contributed by atoms with Crippen molar-refractivity contribution in [3.8, 4) is 0 Å². The first-order valence-electron chi connectivity index (χ1n) is 6.95. The molecule has 0 N–H and O–H groups in total. The largest absolute Gasteiger partial charge is 0.466 e. The molecule has 3 nitrogen and oxygen atoms in total. The van der Waals surface area contributed by atoms with Crippen LogP contribution in [0.2, 0.25) is 0 Å². The third-order valence-corrected chi connectivity index (χ3v) is 3.51. The molecule has 3 heteroatoms. The topological polar surface area (TPSA) is 43.4 Å². The van der Waals surface area contributed by atoms with Crippen LogP contribution < -0.4 is 0 Å². The van der Waals surface area contributed by atoms with Crippen LogP contribution in [-0.4, -0.2) is 18.4 Å². The third-order valence-electron chi connectivity index (χ3n) is 3.51. The second kappa shape index (κ2) is 8.06. The number of hydrogen-bond acceptors (Lipinski definition) is 3. The lowest BCUT2D eigenvalue weighted by atomic mass is 9.90. The van der Waals surface area contributed by atoms with Gasteiger partial charge in [0.25, 0.3) is 0 Å². The fourth-order valence-corrected chi connectivity index (χ4v) is 2.43. The predicted molar refractivity (Wildman–Crippen MR) is 71.1 cm³/mol. The molecule has 0 aromatic heterocycles. The molecule has 0 aliphatic heterocycles. The minimum atomic E-state index is -0.145. The number of ketones is 1. The average Bonchev–Trinajstić information content (AvgIpc) is 2.67. The Labute approximate surface area is 110 Å². The number of hydrogen-bond donors (Lipinski definition) is 0. The zero-order valence-corrected chi connectivity index (χ0v) is 11.5. The zero-order valence-electron chi connectivity index (χ0n) is 11.5. The standard InChI is InChI=1S/C15H24O3/c1-3-5-7-12-9-14(16)10-13(12)11-15(17)18-8-6-4-2/h3,5,12-13H,4,6-11H2,1-2H3/b5-3-. The Balaban J connectivity index is 2.38. The molecule has 1 rings (SSSR count). The van der Waals surface area contributed by atoms with Gasteiger partial charge < -0.3 is 4.74 Å². The number of carbonyl (C=O) groups is 2. The lowest BCUT2D eigenvalue weighted by Gasteiger charge is -2.16. The van der Waals surface area contributed by atoms with Gasteiger partial charge in [0.05, 0.1) is 6.61 Å². The molecule has 0 aromatic carbocycles. The Morgan fingerprint density at radius 3 is 2.78 bits per heavy atom. The Morgan fingerprint density at radius 1 is 1.39 bits per heavy atom. The Hall–Kier alpha value is -1.12. The van der Waals surface area contributed by atoms with Crippen molar-refractivity contribution in [2.45, 2.75) is 52.4 Å². The highest BCUT2D eigenvalue weighted by Gasteiger charge is 2.33. The summed E-state index contributed by atoms with van der Waals surface area (Å²) in [6.07, 6.45) is 8.49. The highest BCUT2D eigenvalue weighted by molar-refractivity contribution is 5.82. The fourth-order valence-electron chi connectivity index (χ4n) is 2.43. The van der Waals surface area contributed by atoms with E-state index in [1.807, 2.05) is 13.0 Å². The molecule has 0 spiro atoms. The van der Waals surface area contributed by atoms with E-state index in [0.29, 0.717) is 31.8 Å². The number of esters is 1. The smallest absolute Gasteiger partial charge is 0.306 e. The summed E-state index contributed by atoms with van der Waals surface area (Å²) >= 11 is 0. The van der Waals surface area contributed by atoms with E-state index < -0.39 is 0 Å². The van der Waals surface area contributed by atoms with Gasteiger partial charge in [-0.15, -0.1) is 0 Å². The molecule has 0 radical (unpaired) electrons. The third kappa shape index (κ3) is 5.03. The maximum absolute atomic E-state index is 11.6. The van der Waals surface area contributed by atoms with Gasteiger partial charge in [-0.1, -0.05) is 25.5 Å². The summed E-state index contributed by atoms with van der Waals surface area (Å²) in [7, 11) is 0. The number of allylic oxidation sites excluding steroid dienone is 2. The summed E-state index contributed by atoms with van der Waals surface area (Å²) in [4.78, 5) is 23.1. The summed E-state index contributed by atoms with van der Waals surface area (Å²) in [5.41, 5.74) is 0. The van der Waals surface area contributed by atoms with Crippen LogP contribution in [0.5, 0.6) is 0 Å². The van der Waals surface area contributed by atoms with E-state index in [9.17, 15) is 9.59 Å². The molecule has 0 heterocycles. The van der Waals surface area contributed by atoms with E-state index in [2.05, 4.69) is 13.0 Å². The van der Waals surface area contributed by atoms with E-state index >= 15 is 0 Å². The van der Waals surface area contributed by atoms with Crippen molar-refractivity contribution in [1.82, 2.24) is 0 Å². The Kier molecular flexibility index (Phi) is 6.69. The molecular formula is C15H24O3. The number of unbranched alkanes of at least 4 members (excludes halogenated alkanes) is 1. The highest BCUT2D eigenvalue weighted by Crippen LogP contribution is 2.34. The van der Waals surface area contributed by atoms with Gasteiger partial charge >= 0.3 is 5.97 Å². The minimum absolute atomic E-state index is 0.145. The molecule has 0 amide bonds. The van der Waals surface area contributed by atoms with Gasteiger partial charge in [0.15, 0.2) is 0 Å². The molecule has 1 aliphatic carbocycles. The van der Waals surface area contributed by atoms with Crippen LogP contribution in [0, 0.1) is 11.8 Å². The van der Waals surface area contributed by atoms with Crippen LogP contribution in [0.1, 0.15) is 52.4 Å². The summed E-state index contributed by atoms with van der Waals surface area (Å²) in [6, 6.07) is 0. The molecule has 0 bridgehead atoms. The second-order valence-corrected chi connectivity index (χ2v) is 5.05. The molecule has 0 saturated heterocycles. The number of Topliss-reactive ketones (excluding diaryl/α,β-unsaturated/α-hetero) is 1. The van der Waals surface area contributed by atoms with Gasteiger partial charge in [-0.3, -0.25) is 9.59 Å². The van der Waals surface area contributed by atoms with Crippen LogP contribution in [-0.2, 0) is 14.3 Å². The van der Waals surface area contributed by atoms with Gasteiger partial charge in [-0.2, -0.15) is 0 Å². The van der Waals surface area contributed by atoms with Crippen molar-refractivity contribution in [3.63, 3.8) is 0 Å². The Morgan fingerprint density at radius 2 is 2.11 bits per heavy atom. The van der Waals surface area contributed by atoms with Gasteiger partial charge in [0, 0.05) is 19.3 Å². The van der Waals surface area contributed by atoms with Crippen LogP contribution in [0.15, 0.2) is 12.2 Å². The molecule has 1 fully saturated rings. The average molecular weight is 252 g/mol. The predicted octanol–water partition coefficient (Wildman–Crippen LogP) is 3.28. The van der Waals surface area contributed by atoms with Crippen molar-refractivity contribution in [2.24, 2.45) is 11.8 Å². The Bertz CT molecular complexity index is 307. The van der Waals surface area contributed by atoms with Crippen LogP contribution in [0.3, 0.4) is 0 Å². The molecule has 1 saturated carbocycles. The lowest BCUT2D eigenvalue weighted by molar-refractivity contribution is -0.145. The minimum Gasteiger partial charge on any atom is -0.466 e. The van der Waals surface area contributed by atoms with Crippen molar-refractivity contribution in [1.29, 1.82) is 0 Å². The maximum atomic E-state index is 11.6. The van der Waals surface area contributed by atoms with Gasteiger partial charge in [-0.25, -0.2) is 0 Å². The van der Waals surface area contributed by atoms with Crippen molar-refractivity contribution >= 4 is 11.8 Å². The van der Waals surface area contributed by atoms with Crippen LogP contribution in [0.25, 0.3) is 0 Å². The SMILES string of the molecule is C/C=C\CC1CC(=O)CC1CC(=O)OCCCC. The number of carbonyl (C=O) groups excluding carboxylic acids is 2. The summed E-state index contributed by atoms with van der Waals surface area (Å²) in [5, 5.41) is 0. The highest BCUT2D eigenvalue weighted by atomic mass is 16.5. The monoisotopic (exact) mass is 252 g/mol. The number of rotatable bonds is 7. The molecule has 18 heavy (non-hydrogen) atoms. The van der Waals surface area contributed by atoms with E-state index in [1.54, 1.807) is 0 Å². The summed E-state index contributed by atoms with van der Waals surface area (Å²) < 4.78 is 5.16. The lowest BCUT2D eigenvalue weighted by Crippen LogP contribution is -2.15. The first kappa shape index (κ1) is 14.9. The molecule has 2 atom stereocenters. The van der Waals surface area contributed by atoms with E-state index in [0.717, 1.165) is 19.3 Å². The van der Waals surface area contributed by atoms with Crippen molar-refractivity contribution in [2.75, 3.05) is 6.61 Å². The molecule has 102 valence electrons. The van der Waals surface area contributed by atoms with Gasteiger partial charge in [0.2, 0.25) is 0 Å². The fraction of sp³-hybridized carbons (Fsp3) is 0.733. The van der Waals surface area contributed by atoms with Crippen molar-refractivity contribution in [3.05, 3.63) is 12.2 Å². The zero-order chi connectivity index (χ0) is 13.4. The number of ether oxygens (including phenoxy) is 1. The normalized spacial score (nSPS) is 23.8. The van der Waals surface area contributed by atoms with Crippen LogP contribution >= 0.6 is 0 Å². The first-order valence-corrected chi connectivity index (χ1v) is 6.95. The van der Waals surface area contributed by atoms with Gasteiger partial charge in [-0.05, 0) is 31.6 Å². The van der Waals surface area contributed by atoms with E-state index in [1.165, 1.54) is 0 Å². The van der Waals surface area contributed by atoms with Crippen molar-refractivity contribution < 1.29 is 14.3 Å². The molecule has 0 aromatic rings. The molecule has 1 aliphatic rings. The first-order chi connectivity index (χ1) is 8.67. The molecular weight excluding hydrogens is 228 g/mol. The summed E-state index contributed by atoms with van der Waals surface area (Å²) in [6.45, 7) is 4.55. The van der Waals surface area contributed by atoms with Crippen LogP contribution in [0.4, 0.5) is 0 Å². The second-order valence-electron chi connectivity index (χ2n) is 5.05. The van der Waals surface area contributed by atoms with E-state index in [-0.39, 0.29) is 17.7 Å². The summed E-state index contributed by atoms with van der Waals surface area (Å²) in [5.74, 6) is 0.653. The quantitative estimate of drug-likeness (QED) is 0.397. The maximum Gasteiger partial charge on any atom is 0.306 e. The van der Waals surface area contributed by atoms with Gasteiger partial charge in [0.1, 0.15) is 5.78 Å². The molecule has 2 unspecified atom stereocenters. The van der Waals surface area contributed by atoms with E-state index in [4.69, 9.17) is 4.74 Å².